The third kappa shape index (κ3) is 4.69. The molecular weight excluding hydrogens is 258 g/mol. The van der Waals surface area contributed by atoms with Crippen LogP contribution < -0.4 is 5.73 Å². The van der Waals surface area contributed by atoms with Crippen molar-refractivity contribution in [1.29, 1.82) is 0 Å². The SMILES string of the molecule is CC(C)CCOCc1ccc(-c2ccccc2CN)cc1. The number of nitrogens with two attached hydrogens (primary N) is 1. The van der Waals surface area contributed by atoms with Gasteiger partial charge in [0.05, 0.1) is 6.61 Å². The van der Waals surface area contributed by atoms with Gasteiger partial charge < -0.3 is 10.5 Å². The Bertz CT molecular complexity index is 546. The third-order valence-electron chi connectivity index (χ3n) is 3.61. The molecule has 0 fully saturated rings. The minimum Gasteiger partial charge on any atom is -0.377 e. The lowest BCUT2D eigenvalue weighted by atomic mass is 9.99. The van der Waals surface area contributed by atoms with Gasteiger partial charge in [-0.3, -0.25) is 0 Å². The minimum absolute atomic E-state index is 0.566. The Kier molecular flexibility index (Phi) is 5.97. The molecule has 0 atom stereocenters. The van der Waals surface area contributed by atoms with Gasteiger partial charge in [-0.2, -0.15) is 0 Å². The van der Waals surface area contributed by atoms with Gasteiger partial charge in [0.15, 0.2) is 0 Å². The van der Waals surface area contributed by atoms with E-state index in [1.165, 1.54) is 22.3 Å². The second kappa shape index (κ2) is 7.96. The zero-order valence-corrected chi connectivity index (χ0v) is 13.0. The zero-order valence-electron chi connectivity index (χ0n) is 13.0. The highest BCUT2D eigenvalue weighted by Gasteiger charge is 2.03. The van der Waals surface area contributed by atoms with E-state index in [0.29, 0.717) is 19.1 Å². The van der Waals surface area contributed by atoms with Gasteiger partial charge in [0, 0.05) is 13.2 Å². The third-order valence-corrected chi connectivity index (χ3v) is 3.61. The van der Waals surface area contributed by atoms with Crippen LogP contribution in [-0.4, -0.2) is 6.61 Å². The maximum absolute atomic E-state index is 5.80. The highest BCUT2D eigenvalue weighted by atomic mass is 16.5. The molecule has 0 saturated carbocycles. The predicted molar refractivity (Wildman–Crippen MR) is 88.9 cm³/mol. The molecule has 2 rings (SSSR count). The van der Waals surface area contributed by atoms with Crippen LogP contribution in [0, 0.1) is 5.92 Å². The molecule has 0 aliphatic heterocycles. The van der Waals surface area contributed by atoms with E-state index in [1.807, 2.05) is 6.07 Å². The molecule has 0 aliphatic rings. The quantitative estimate of drug-likeness (QED) is 0.766. The Hall–Kier alpha value is -1.64. The molecule has 2 aromatic carbocycles. The Morgan fingerprint density at radius 1 is 1.00 bits per heavy atom. The maximum Gasteiger partial charge on any atom is 0.0716 e. The number of rotatable bonds is 7. The van der Waals surface area contributed by atoms with E-state index in [0.717, 1.165) is 13.0 Å². The molecular formula is C19H25NO. The Morgan fingerprint density at radius 2 is 1.71 bits per heavy atom. The molecule has 0 aliphatic carbocycles. The molecule has 21 heavy (non-hydrogen) atoms. The lowest BCUT2D eigenvalue weighted by Crippen LogP contribution is -2.00. The molecule has 0 radical (unpaired) electrons. The van der Waals surface area contributed by atoms with Gasteiger partial charge in [-0.1, -0.05) is 62.4 Å². The van der Waals surface area contributed by atoms with E-state index in [-0.39, 0.29) is 0 Å². The topological polar surface area (TPSA) is 35.2 Å². The van der Waals surface area contributed by atoms with Gasteiger partial charge in [-0.15, -0.1) is 0 Å². The second-order valence-electron chi connectivity index (χ2n) is 5.79. The van der Waals surface area contributed by atoms with Gasteiger partial charge in [0.25, 0.3) is 0 Å². The molecule has 0 amide bonds. The summed E-state index contributed by atoms with van der Waals surface area (Å²) in [6.07, 6.45) is 1.11. The molecule has 2 heteroatoms. The zero-order chi connectivity index (χ0) is 15.1. The van der Waals surface area contributed by atoms with Gasteiger partial charge in [-0.25, -0.2) is 0 Å². The molecule has 0 spiro atoms. The molecule has 2 N–H and O–H groups in total. The van der Waals surface area contributed by atoms with Gasteiger partial charge in [-0.05, 0) is 34.6 Å². The Labute approximate surface area is 127 Å². The van der Waals surface area contributed by atoms with E-state index in [2.05, 4.69) is 56.3 Å². The van der Waals surface area contributed by atoms with Crippen LogP contribution in [0.2, 0.25) is 0 Å². The molecule has 0 saturated heterocycles. The first kappa shape index (κ1) is 15.7. The van der Waals surface area contributed by atoms with Crippen molar-refractivity contribution in [2.45, 2.75) is 33.4 Å². The lowest BCUT2D eigenvalue weighted by molar-refractivity contribution is 0.110. The normalized spacial score (nSPS) is 11.0. The van der Waals surface area contributed by atoms with Crippen molar-refractivity contribution in [2.24, 2.45) is 11.7 Å². The first-order valence-corrected chi connectivity index (χ1v) is 7.65. The monoisotopic (exact) mass is 283 g/mol. The van der Waals surface area contributed by atoms with Crippen LogP contribution in [0.1, 0.15) is 31.4 Å². The van der Waals surface area contributed by atoms with Gasteiger partial charge in [0.2, 0.25) is 0 Å². The van der Waals surface area contributed by atoms with E-state index in [9.17, 15) is 0 Å². The largest absolute Gasteiger partial charge is 0.377 e. The minimum atomic E-state index is 0.566. The predicted octanol–water partition coefficient (Wildman–Crippen LogP) is 4.38. The summed E-state index contributed by atoms with van der Waals surface area (Å²) in [6, 6.07) is 16.9. The first-order valence-electron chi connectivity index (χ1n) is 7.65. The van der Waals surface area contributed by atoms with Crippen molar-refractivity contribution >= 4 is 0 Å². The summed E-state index contributed by atoms with van der Waals surface area (Å²) in [5.41, 5.74) is 10.6. The Morgan fingerprint density at radius 3 is 2.38 bits per heavy atom. The molecule has 2 nitrogen and oxygen atoms in total. The maximum atomic E-state index is 5.80. The standard InChI is InChI=1S/C19H25NO/c1-15(2)11-12-21-14-16-7-9-17(10-8-16)19-6-4-3-5-18(19)13-20/h3-10,15H,11-14,20H2,1-2H3. The van der Waals surface area contributed by atoms with Crippen LogP contribution in [0.3, 0.4) is 0 Å². The highest BCUT2D eigenvalue weighted by Crippen LogP contribution is 2.23. The number of benzene rings is 2. The molecule has 2 aromatic rings. The summed E-state index contributed by atoms with van der Waals surface area (Å²) in [5, 5.41) is 0. The molecule has 0 heterocycles. The van der Waals surface area contributed by atoms with Crippen LogP contribution in [0.5, 0.6) is 0 Å². The summed E-state index contributed by atoms with van der Waals surface area (Å²) < 4.78 is 5.70. The van der Waals surface area contributed by atoms with Crippen LogP contribution in [0.4, 0.5) is 0 Å². The fraction of sp³-hybridized carbons (Fsp3) is 0.368. The number of hydrogen-bond donors (Lipinski definition) is 1. The average Bonchev–Trinajstić information content (AvgIpc) is 2.52. The second-order valence-corrected chi connectivity index (χ2v) is 5.79. The summed E-state index contributed by atoms with van der Waals surface area (Å²) in [6.45, 7) is 6.51. The lowest BCUT2D eigenvalue weighted by Gasteiger charge is -2.10. The molecule has 112 valence electrons. The fourth-order valence-corrected chi connectivity index (χ4v) is 2.27. The molecule has 0 unspecified atom stereocenters. The number of ether oxygens (including phenoxy) is 1. The smallest absolute Gasteiger partial charge is 0.0716 e. The summed E-state index contributed by atoms with van der Waals surface area (Å²) in [5.74, 6) is 0.695. The highest BCUT2D eigenvalue weighted by molar-refractivity contribution is 5.67. The van der Waals surface area contributed by atoms with Crippen LogP contribution in [0.15, 0.2) is 48.5 Å². The van der Waals surface area contributed by atoms with Crippen LogP contribution in [-0.2, 0) is 17.9 Å². The van der Waals surface area contributed by atoms with Crippen LogP contribution >= 0.6 is 0 Å². The van der Waals surface area contributed by atoms with Gasteiger partial charge in [0.1, 0.15) is 0 Å². The van der Waals surface area contributed by atoms with E-state index in [4.69, 9.17) is 10.5 Å². The first-order chi connectivity index (χ1) is 10.2. The van der Waals surface area contributed by atoms with Crippen molar-refractivity contribution in [3.63, 3.8) is 0 Å². The molecule has 0 bridgehead atoms. The van der Waals surface area contributed by atoms with Crippen molar-refractivity contribution in [3.05, 3.63) is 59.7 Å². The van der Waals surface area contributed by atoms with Crippen molar-refractivity contribution in [3.8, 4) is 11.1 Å². The van der Waals surface area contributed by atoms with Crippen molar-refractivity contribution < 1.29 is 4.74 Å². The summed E-state index contributed by atoms with van der Waals surface area (Å²) in [7, 11) is 0. The van der Waals surface area contributed by atoms with Crippen molar-refractivity contribution in [2.75, 3.05) is 6.61 Å². The summed E-state index contributed by atoms with van der Waals surface area (Å²) in [4.78, 5) is 0. The van der Waals surface area contributed by atoms with E-state index < -0.39 is 0 Å². The molecule has 0 aromatic heterocycles. The van der Waals surface area contributed by atoms with Crippen LogP contribution in [0.25, 0.3) is 11.1 Å². The van der Waals surface area contributed by atoms with Gasteiger partial charge >= 0.3 is 0 Å². The summed E-state index contributed by atoms with van der Waals surface area (Å²) >= 11 is 0. The fourth-order valence-electron chi connectivity index (χ4n) is 2.27. The Balaban J connectivity index is 1.98. The van der Waals surface area contributed by atoms with E-state index >= 15 is 0 Å². The average molecular weight is 283 g/mol. The number of hydrogen-bond acceptors (Lipinski definition) is 2. The van der Waals surface area contributed by atoms with Crippen molar-refractivity contribution in [1.82, 2.24) is 0 Å². The van der Waals surface area contributed by atoms with E-state index in [1.54, 1.807) is 0 Å².